The average Bonchev–Trinajstić information content (AvgIpc) is 2.65. The van der Waals surface area contributed by atoms with Crippen molar-refractivity contribution in [3.8, 4) is 0 Å². The first-order valence-electron chi connectivity index (χ1n) is 8.44. The van der Waals surface area contributed by atoms with Crippen molar-refractivity contribution >= 4 is 17.6 Å². The minimum Gasteiger partial charge on any atom is -0.356 e. The normalized spacial score (nSPS) is 11.0. The van der Waals surface area contributed by atoms with Crippen molar-refractivity contribution in [1.29, 1.82) is 0 Å². The van der Waals surface area contributed by atoms with E-state index in [4.69, 9.17) is 0 Å². The Kier molecular flexibility index (Phi) is 7.43. The summed E-state index contributed by atoms with van der Waals surface area (Å²) in [5.74, 6) is 0.481. The second-order valence-corrected chi connectivity index (χ2v) is 5.53. The standard InChI is InChI=1S/C19H25N5O/c1-3-15-7-6-9-17(13-15)24-18(25)14-23-19(20-2)22-12-10-16-8-4-5-11-21-16/h4-9,11,13H,3,10,12,14H2,1-2H3,(H,24,25)(H2,20,22,23). The van der Waals surface area contributed by atoms with Crippen LogP contribution in [-0.4, -0.2) is 37.0 Å². The van der Waals surface area contributed by atoms with Gasteiger partial charge in [-0.1, -0.05) is 25.1 Å². The van der Waals surface area contributed by atoms with Gasteiger partial charge >= 0.3 is 0 Å². The third-order valence-corrected chi connectivity index (χ3v) is 3.66. The maximum Gasteiger partial charge on any atom is 0.243 e. The molecule has 0 spiro atoms. The number of nitrogens with one attached hydrogen (secondary N) is 3. The van der Waals surface area contributed by atoms with E-state index >= 15 is 0 Å². The Morgan fingerprint density at radius 1 is 1.16 bits per heavy atom. The Hall–Kier alpha value is -2.89. The maximum atomic E-state index is 12.1. The van der Waals surface area contributed by atoms with Gasteiger partial charge < -0.3 is 16.0 Å². The third-order valence-electron chi connectivity index (χ3n) is 3.66. The van der Waals surface area contributed by atoms with Crippen molar-refractivity contribution < 1.29 is 4.79 Å². The van der Waals surface area contributed by atoms with E-state index in [1.54, 1.807) is 13.2 Å². The molecule has 0 saturated carbocycles. The Balaban J connectivity index is 1.73. The van der Waals surface area contributed by atoms with Gasteiger partial charge in [-0.25, -0.2) is 0 Å². The number of rotatable bonds is 7. The fourth-order valence-corrected chi connectivity index (χ4v) is 2.31. The highest BCUT2D eigenvalue weighted by molar-refractivity contribution is 5.95. The minimum atomic E-state index is -0.110. The Morgan fingerprint density at radius 3 is 2.76 bits per heavy atom. The van der Waals surface area contributed by atoms with Crippen LogP contribution in [0.5, 0.6) is 0 Å². The van der Waals surface area contributed by atoms with Crippen molar-refractivity contribution in [2.75, 3.05) is 25.5 Å². The second-order valence-electron chi connectivity index (χ2n) is 5.53. The molecule has 6 heteroatoms. The number of hydrogen-bond acceptors (Lipinski definition) is 3. The van der Waals surface area contributed by atoms with Gasteiger partial charge in [-0.05, 0) is 36.2 Å². The highest BCUT2D eigenvalue weighted by Gasteiger charge is 2.05. The van der Waals surface area contributed by atoms with Crippen LogP contribution in [-0.2, 0) is 17.6 Å². The number of hydrogen-bond donors (Lipinski definition) is 3. The largest absolute Gasteiger partial charge is 0.356 e. The third kappa shape index (κ3) is 6.63. The van der Waals surface area contributed by atoms with Gasteiger partial charge in [0, 0.05) is 37.6 Å². The van der Waals surface area contributed by atoms with Gasteiger partial charge in [-0.3, -0.25) is 14.8 Å². The predicted octanol–water partition coefficient (Wildman–Crippen LogP) is 1.99. The molecule has 2 aromatic rings. The van der Waals surface area contributed by atoms with Gasteiger partial charge in [0.2, 0.25) is 5.91 Å². The van der Waals surface area contributed by atoms with E-state index in [9.17, 15) is 4.79 Å². The van der Waals surface area contributed by atoms with E-state index < -0.39 is 0 Å². The molecule has 0 aliphatic rings. The van der Waals surface area contributed by atoms with Gasteiger partial charge in [0.15, 0.2) is 5.96 Å². The molecule has 6 nitrogen and oxygen atoms in total. The molecular weight excluding hydrogens is 314 g/mol. The number of aromatic nitrogens is 1. The smallest absolute Gasteiger partial charge is 0.243 e. The highest BCUT2D eigenvalue weighted by atomic mass is 16.1. The minimum absolute atomic E-state index is 0.110. The second kappa shape index (κ2) is 10.1. The summed E-state index contributed by atoms with van der Waals surface area (Å²) in [6, 6.07) is 13.7. The van der Waals surface area contributed by atoms with E-state index in [2.05, 4.69) is 32.9 Å². The number of aliphatic imine (C=N–C) groups is 1. The first-order valence-corrected chi connectivity index (χ1v) is 8.44. The first-order chi connectivity index (χ1) is 12.2. The van der Waals surface area contributed by atoms with E-state index in [-0.39, 0.29) is 12.5 Å². The summed E-state index contributed by atoms with van der Waals surface area (Å²) in [5, 5.41) is 9.07. The molecule has 0 saturated heterocycles. The quantitative estimate of drug-likeness (QED) is 0.532. The summed E-state index contributed by atoms with van der Waals surface area (Å²) in [5.41, 5.74) is 3.01. The molecule has 0 atom stereocenters. The molecule has 1 aromatic heterocycles. The Morgan fingerprint density at radius 2 is 2.04 bits per heavy atom. The number of benzene rings is 1. The zero-order valence-electron chi connectivity index (χ0n) is 14.7. The van der Waals surface area contributed by atoms with Crippen molar-refractivity contribution in [2.24, 2.45) is 4.99 Å². The van der Waals surface area contributed by atoms with Gasteiger partial charge in [0.05, 0.1) is 6.54 Å². The number of guanidine groups is 1. The van der Waals surface area contributed by atoms with E-state index in [1.165, 1.54) is 5.56 Å². The lowest BCUT2D eigenvalue weighted by atomic mass is 10.1. The summed E-state index contributed by atoms with van der Waals surface area (Å²) in [6.07, 6.45) is 3.51. The molecule has 0 fully saturated rings. The van der Waals surface area contributed by atoms with Crippen LogP contribution in [0, 0.1) is 0 Å². The number of pyridine rings is 1. The monoisotopic (exact) mass is 339 g/mol. The van der Waals surface area contributed by atoms with E-state index in [0.29, 0.717) is 12.5 Å². The summed E-state index contributed by atoms with van der Waals surface area (Å²) in [6.45, 7) is 2.93. The van der Waals surface area contributed by atoms with Crippen molar-refractivity contribution in [2.45, 2.75) is 19.8 Å². The zero-order chi connectivity index (χ0) is 17.9. The van der Waals surface area contributed by atoms with E-state index in [0.717, 1.165) is 24.2 Å². The number of nitrogens with zero attached hydrogens (tertiary/aromatic N) is 2. The van der Waals surface area contributed by atoms with Gasteiger partial charge in [-0.2, -0.15) is 0 Å². The van der Waals surface area contributed by atoms with Crippen LogP contribution < -0.4 is 16.0 Å². The molecule has 0 aliphatic carbocycles. The highest BCUT2D eigenvalue weighted by Crippen LogP contribution is 2.10. The van der Waals surface area contributed by atoms with Crippen molar-refractivity contribution in [1.82, 2.24) is 15.6 Å². The molecule has 1 heterocycles. The lowest BCUT2D eigenvalue weighted by molar-refractivity contribution is -0.115. The molecule has 3 N–H and O–H groups in total. The summed E-state index contributed by atoms with van der Waals surface area (Å²) in [7, 11) is 1.68. The fraction of sp³-hybridized carbons (Fsp3) is 0.316. The van der Waals surface area contributed by atoms with Crippen LogP contribution in [0.3, 0.4) is 0 Å². The summed E-state index contributed by atoms with van der Waals surface area (Å²) < 4.78 is 0. The molecule has 25 heavy (non-hydrogen) atoms. The zero-order valence-corrected chi connectivity index (χ0v) is 14.7. The number of carbonyl (C=O) groups excluding carboxylic acids is 1. The Bertz CT molecular complexity index is 700. The topological polar surface area (TPSA) is 78.4 Å². The first kappa shape index (κ1) is 18.4. The van der Waals surface area contributed by atoms with Crippen molar-refractivity contribution in [3.63, 3.8) is 0 Å². The summed E-state index contributed by atoms with van der Waals surface area (Å²) in [4.78, 5) is 20.5. The molecule has 0 radical (unpaired) electrons. The number of carbonyl (C=O) groups is 1. The summed E-state index contributed by atoms with van der Waals surface area (Å²) >= 11 is 0. The van der Waals surface area contributed by atoms with Crippen LogP contribution >= 0.6 is 0 Å². The molecule has 0 unspecified atom stereocenters. The SMILES string of the molecule is CCc1cccc(NC(=O)CNC(=NC)NCCc2ccccn2)c1. The molecule has 0 aliphatic heterocycles. The molecular formula is C19H25N5O. The van der Waals surface area contributed by atoms with Crippen LogP contribution in [0.15, 0.2) is 53.7 Å². The molecule has 0 bridgehead atoms. The van der Waals surface area contributed by atoms with Crippen LogP contribution in [0.2, 0.25) is 0 Å². The number of anilines is 1. The van der Waals surface area contributed by atoms with Gasteiger partial charge in [0.25, 0.3) is 0 Å². The van der Waals surface area contributed by atoms with E-state index in [1.807, 2.05) is 42.5 Å². The lowest BCUT2D eigenvalue weighted by Gasteiger charge is -2.12. The molecule has 132 valence electrons. The molecule has 1 amide bonds. The molecule has 1 aromatic carbocycles. The Labute approximate surface area is 148 Å². The maximum absolute atomic E-state index is 12.1. The van der Waals surface area contributed by atoms with Crippen LogP contribution in [0.25, 0.3) is 0 Å². The van der Waals surface area contributed by atoms with Crippen LogP contribution in [0.1, 0.15) is 18.2 Å². The average molecular weight is 339 g/mol. The predicted molar refractivity (Wildman–Crippen MR) is 102 cm³/mol. The lowest BCUT2D eigenvalue weighted by Crippen LogP contribution is -2.42. The number of amides is 1. The van der Waals surface area contributed by atoms with Crippen LogP contribution in [0.4, 0.5) is 5.69 Å². The van der Waals surface area contributed by atoms with Gasteiger partial charge in [-0.15, -0.1) is 0 Å². The van der Waals surface area contributed by atoms with Gasteiger partial charge in [0.1, 0.15) is 0 Å². The van der Waals surface area contributed by atoms with Crippen molar-refractivity contribution in [3.05, 3.63) is 59.9 Å². The fourth-order valence-electron chi connectivity index (χ4n) is 2.31. The number of aryl methyl sites for hydroxylation is 1. The molecule has 2 rings (SSSR count).